The lowest BCUT2D eigenvalue weighted by atomic mass is 10.1. The first-order valence-electron chi connectivity index (χ1n) is 12.4. The van der Waals surface area contributed by atoms with Gasteiger partial charge in [0.05, 0.1) is 30.2 Å². The number of anilines is 1. The van der Waals surface area contributed by atoms with E-state index in [1.54, 1.807) is 24.5 Å². The average molecular weight is 548 g/mol. The Morgan fingerprint density at radius 2 is 2.08 bits per heavy atom. The molecule has 40 heavy (non-hydrogen) atoms. The first-order chi connectivity index (χ1) is 19.5. The molecule has 4 heterocycles. The zero-order valence-corrected chi connectivity index (χ0v) is 20.9. The molecule has 1 aliphatic heterocycles. The number of fused-ring (bicyclic) bond motifs is 1. The fourth-order valence-corrected chi connectivity index (χ4v) is 4.42. The van der Waals surface area contributed by atoms with Crippen molar-refractivity contribution in [3.63, 3.8) is 0 Å². The summed E-state index contributed by atoms with van der Waals surface area (Å²) in [6.45, 7) is -0.977. The Hall–Kier alpha value is -4.88. The van der Waals surface area contributed by atoms with E-state index in [0.29, 0.717) is 30.3 Å². The van der Waals surface area contributed by atoms with E-state index in [4.69, 9.17) is 14.2 Å². The molecule has 0 bridgehead atoms. The summed E-state index contributed by atoms with van der Waals surface area (Å²) in [5, 5.41) is 17.0. The summed E-state index contributed by atoms with van der Waals surface area (Å²) >= 11 is 0. The number of hydrogen-bond acceptors (Lipinski definition) is 8. The van der Waals surface area contributed by atoms with Crippen LogP contribution < -0.4 is 20.1 Å². The lowest BCUT2D eigenvalue weighted by Gasteiger charge is -2.24. The molecule has 1 atom stereocenters. The standard InChI is InChI=1S/C27H23F2N7O4/c28-27(29)40-22-6-5-18(39-17-4-1-3-16(11-17)23-15-30-8-10-38-23)12-19(22)24-21(14-32-35-24)34-26(37)20-13-33-36-9-2-7-31-25(20)36/h1-7,9,11-14,23,27,30H,8,10,15H2,(H,32,35)(H,34,37)/t23-/m1/s1. The van der Waals surface area contributed by atoms with Crippen LogP contribution in [0.2, 0.25) is 0 Å². The van der Waals surface area contributed by atoms with Gasteiger partial charge in [-0.05, 0) is 42.0 Å². The van der Waals surface area contributed by atoms with Crippen LogP contribution in [0.5, 0.6) is 17.2 Å². The topological polar surface area (TPSA) is 128 Å². The lowest BCUT2D eigenvalue weighted by Crippen LogP contribution is -2.33. The molecular weight excluding hydrogens is 524 g/mol. The van der Waals surface area contributed by atoms with Crippen LogP contribution in [-0.2, 0) is 4.74 Å². The minimum Gasteiger partial charge on any atom is -0.457 e. The second-order valence-corrected chi connectivity index (χ2v) is 8.82. The molecule has 6 rings (SSSR count). The highest BCUT2D eigenvalue weighted by molar-refractivity contribution is 6.09. The van der Waals surface area contributed by atoms with Crippen LogP contribution in [0.25, 0.3) is 16.9 Å². The number of halogens is 2. The molecule has 3 N–H and O–H groups in total. The highest BCUT2D eigenvalue weighted by Crippen LogP contribution is 2.38. The second-order valence-electron chi connectivity index (χ2n) is 8.82. The van der Waals surface area contributed by atoms with Crippen LogP contribution in [0, 0.1) is 0 Å². The number of aromatic nitrogens is 5. The van der Waals surface area contributed by atoms with Crippen LogP contribution in [0.4, 0.5) is 14.5 Å². The zero-order chi connectivity index (χ0) is 27.5. The van der Waals surface area contributed by atoms with E-state index in [9.17, 15) is 13.6 Å². The molecule has 0 radical (unpaired) electrons. The third-order valence-electron chi connectivity index (χ3n) is 6.23. The van der Waals surface area contributed by atoms with Gasteiger partial charge in [-0.3, -0.25) is 9.89 Å². The van der Waals surface area contributed by atoms with Crippen molar-refractivity contribution in [3.8, 4) is 28.5 Å². The normalized spacial score (nSPS) is 15.3. The molecule has 5 aromatic rings. The minimum atomic E-state index is -3.08. The summed E-state index contributed by atoms with van der Waals surface area (Å²) in [7, 11) is 0. The van der Waals surface area contributed by atoms with E-state index in [1.165, 1.54) is 35.1 Å². The van der Waals surface area contributed by atoms with Crippen molar-refractivity contribution >= 4 is 17.2 Å². The van der Waals surface area contributed by atoms with Gasteiger partial charge in [0.25, 0.3) is 5.91 Å². The Morgan fingerprint density at radius 1 is 1.18 bits per heavy atom. The number of ether oxygens (including phenoxy) is 3. The third kappa shape index (κ3) is 5.32. The molecule has 1 aliphatic rings. The molecule has 204 valence electrons. The van der Waals surface area contributed by atoms with E-state index in [-0.39, 0.29) is 34.4 Å². The van der Waals surface area contributed by atoms with Crippen molar-refractivity contribution in [2.75, 3.05) is 25.0 Å². The van der Waals surface area contributed by atoms with Crippen molar-refractivity contribution in [1.82, 2.24) is 30.1 Å². The van der Waals surface area contributed by atoms with E-state index in [2.05, 4.69) is 30.9 Å². The molecule has 13 heteroatoms. The number of amides is 1. The number of nitrogens with zero attached hydrogens (tertiary/aromatic N) is 4. The smallest absolute Gasteiger partial charge is 0.387 e. The van der Waals surface area contributed by atoms with E-state index in [1.807, 2.05) is 18.2 Å². The predicted octanol–water partition coefficient (Wildman–Crippen LogP) is 4.43. The first kappa shape index (κ1) is 25.4. The fraction of sp³-hybridized carbons (Fsp3) is 0.185. The summed E-state index contributed by atoms with van der Waals surface area (Å²) in [4.78, 5) is 17.3. The molecule has 0 aliphatic carbocycles. The van der Waals surface area contributed by atoms with Gasteiger partial charge in [-0.25, -0.2) is 9.50 Å². The van der Waals surface area contributed by atoms with Gasteiger partial charge in [-0.1, -0.05) is 12.1 Å². The third-order valence-corrected chi connectivity index (χ3v) is 6.23. The maximum absolute atomic E-state index is 13.3. The Balaban J connectivity index is 1.29. The van der Waals surface area contributed by atoms with Crippen LogP contribution in [0.15, 0.2) is 73.3 Å². The minimum absolute atomic E-state index is 0.103. The van der Waals surface area contributed by atoms with Gasteiger partial charge in [-0.2, -0.15) is 19.0 Å². The molecule has 0 unspecified atom stereocenters. The molecular formula is C27H23F2N7O4. The van der Waals surface area contributed by atoms with E-state index >= 15 is 0 Å². The first-order valence-corrected chi connectivity index (χ1v) is 12.4. The van der Waals surface area contributed by atoms with Gasteiger partial charge in [0.2, 0.25) is 0 Å². The Labute approximate surface area is 226 Å². The van der Waals surface area contributed by atoms with Crippen molar-refractivity contribution in [1.29, 1.82) is 0 Å². The molecule has 3 aromatic heterocycles. The molecule has 2 aromatic carbocycles. The molecule has 0 spiro atoms. The SMILES string of the molecule is O=C(Nc1c[nH]nc1-c1cc(Oc2cccc([C@H]3CNCCO3)c2)ccc1OC(F)F)c1cnn2cccnc12. The van der Waals surface area contributed by atoms with Gasteiger partial charge < -0.3 is 24.8 Å². The number of carbonyl (C=O) groups excluding carboxylic acids is 1. The number of rotatable bonds is 8. The summed E-state index contributed by atoms with van der Waals surface area (Å²) in [6, 6.07) is 13.5. The molecule has 11 nitrogen and oxygen atoms in total. The van der Waals surface area contributed by atoms with Crippen molar-refractivity contribution < 1.29 is 27.8 Å². The van der Waals surface area contributed by atoms with Crippen molar-refractivity contribution in [3.05, 3.63) is 84.4 Å². The summed E-state index contributed by atoms with van der Waals surface area (Å²) in [6.07, 6.45) is 5.93. The number of morpholine rings is 1. The van der Waals surface area contributed by atoms with Gasteiger partial charge in [0.1, 0.15) is 28.5 Å². The Morgan fingerprint density at radius 3 is 2.92 bits per heavy atom. The van der Waals surface area contributed by atoms with Crippen LogP contribution >= 0.6 is 0 Å². The van der Waals surface area contributed by atoms with Crippen molar-refractivity contribution in [2.45, 2.75) is 12.7 Å². The quantitative estimate of drug-likeness (QED) is 0.261. The average Bonchev–Trinajstić information content (AvgIpc) is 3.61. The lowest BCUT2D eigenvalue weighted by molar-refractivity contribution is -0.0494. The van der Waals surface area contributed by atoms with E-state index < -0.39 is 12.5 Å². The largest absolute Gasteiger partial charge is 0.457 e. The summed E-state index contributed by atoms with van der Waals surface area (Å²) in [5.41, 5.74) is 2.13. The molecule has 1 saturated heterocycles. The highest BCUT2D eigenvalue weighted by atomic mass is 19.3. The van der Waals surface area contributed by atoms with Gasteiger partial charge >= 0.3 is 6.61 Å². The monoisotopic (exact) mass is 547 g/mol. The summed E-state index contributed by atoms with van der Waals surface area (Å²) < 4.78 is 44.7. The zero-order valence-electron chi connectivity index (χ0n) is 20.9. The fourth-order valence-electron chi connectivity index (χ4n) is 4.42. The number of H-pyrrole nitrogens is 1. The van der Waals surface area contributed by atoms with Gasteiger partial charge in [-0.15, -0.1) is 0 Å². The summed E-state index contributed by atoms with van der Waals surface area (Å²) in [5.74, 6) is 0.245. The maximum Gasteiger partial charge on any atom is 0.387 e. The van der Waals surface area contributed by atoms with Crippen LogP contribution in [0.1, 0.15) is 22.0 Å². The van der Waals surface area contributed by atoms with Crippen LogP contribution in [0.3, 0.4) is 0 Å². The van der Waals surface area contributed by atoms with Gasteiger partial charge in [0, 0.05) is 31.7 Å². The van der Waals surface area contributed by atoms with Crippen LogP contribution in [-0.4, -0.2) is 57.0 Å². The van der Waals surface area contributed by atoms with Crippen molar-refractivity contribution in [2.24, 2.45) is 0 Å². The number of nitrogens with one attached hydrogen (secondary N) is 3. The predicted molar refractivity (Wildman–Crippen MR) is 140 cm³/mol. The Kier molecular flexibility index (Phi) is 7.04. The Bertz CT molecular complexity index is 1650. The van der Waals surface area contributed by atoms with E-state index in [0.717, 1.165) is 12.1 Å². The molecule has 1 fully saturated rings. The second kappa shape index (κ2) is 11.1. The number of hydrogen-bond donors (Lipinski definition) is 3. The number of carbonyl (C=O) groups is 1. The number of alkyl halides is 2. The molecule has 0 saturated carbocycles. The number of aromatic amines is 1. The molecule has 1 amide bonds. The number of benzene rings is 2. The van der Waals surface area contributed by atoms with Gasteiger partial charge in [0.15, 0.2) is 5.65 Å². The highest BCUT2D eigenvalue weighted by Gasteiger charge is 2.22. The maximum atomic E-state index is 13.3.